The van der Waals surface area contributed by atoms with Crippen molar-refractivity contribution in [3.8, 4) is 5.75 Å². The molecule has 1 aliphatic heterocycles. The van der Waals surface area contributed by atoms with E-state index in [9.17, 15) is 0 Å². The highest BCUT2D eigenvalue weighted by Gasteiger charge is 2.27. The Labute approximate surface area is 142 Å². The molecule has 0 saturated carbocycles. The van der Waals surface area contributed by atoms with E-state index in [0.717, 1.165) is 36.0 Å². The first kappa shape index (κ1) is 16.3. The van der Waals surface area contributed by atoms with Crippen molar-refractivity contribution in [2.24, 2.45) is 5.92 Å². The van der Waals surface area contributed by atoms with Crippen LogP contribution in [0.25, 0.3) is 0 Å². The van der Waals surface area contributed by atoms with Crippen LogP contribution in [0.1, 0.15) is 17.2 Å². The van der Waals surface area contributed by atoms with Gasteiger partial charge in [-0.15, -0.1) is 0 Å². The van der Waals surface area contributed by atoms with Gasteiger partial charge >= 0.3 is 0 Å². The first-order chi connectivity index (χ1) is 11.3. The molecule has 3 N–H and O–H groups in total. The summed E-state index contributed by atoms with van der Waals surface area (Å²) in [5.41, 5.74) is 9.02. The number of hydrazine groups is 1. The van der Waals surface area contributed by atoms with E-state index in [-0.39, 0.29) is 0 Å². The predicted octanol–water partition coefficient (Wildman–Crippen LogP) is 2.90. The Bertz CT molecular complexity index is 632. The van der Waals surface area contributed by atoms with E-state index >= 15 is 0 Å². The highest BCUT2D eigenvalue weighted by molar-refractivity contribution is 6.31. The zero-order chi connectivity index (χ0) is 16.1. The Morgan fingerprint density at radius 3 is 2.70 bits per heavy atom. The summed E-state index contributed by atoms with van der Waals surface area (Å²) in [6.45, 7) is 2.64. The molecular formula is C18H22ClN3O. The molecule has 5 heteroatoms. The summed E-state index contributed by atoms with van der Waals surface area (Å²) in [4.78, 5) is 0. The molecule has 122 valence electrons. The Balaban J connectivity index is 1.57. The van der Waals surface area contributed by atoms with Crippen molar-refractivity contribution in [3.05, 3.63) is 64.7 Å². The number of nitrogens with one attached hydrogen (secondary N) is 3. The molecule has 0 spiro atoms. The van der Waals surface area contributed by atoms with E-state index in [2.05, 4.69) is 34.4 Å². The van der Waals surface area contributed by atoms with Crippen molar-refractivity contribution in [3.63, 3.8) is 0 Å². The maximum Gasteiger partial charge on any atom is 0.118 e. The van der Waals surface area contributed by atoms with Crippen LogP contribution in [0.5, 0.6) is 5.75 Å². The van der Waals surface area contributed by atoms with Gasteiger partial charge in [-0.3, -0.25) is 5.43 Å². The van der Waals surface area contributed by atoms with Crippen molar-refractivity contribution in [1.82, 2.24) is 16.2 Å². The highest BCUT2D eigenvalue weighted by Crippen LogP contribution is 2.26. The number of hydrogen-bond acceptors (Lipinski definition) is 4. The largest absolute Gasteiger partial charge is 0.497 e. The first-order valence-electron chi connectivity index (χ1n) is 7.84. The van der Waals surface area contributed by atoms with Crippen molar-refractivity contribution >= 4 is 11.6 Å². The highest BCUT2D eigenvalue weighted by atomic mass is 35.5. The standard InChI is InChI=1S/C18H22ClN3O/c1-23-16-8-6-13(7-9-16)18-15(12-21-22-18)11-20-10-14-4-2-3-5-17(14)19/h2-9,15,18,20-22H,10-12H2,1H3. The van der Waals surface area contributed by atoms with Crippen molar-refractivity contribution < 1.29 is 4.74 Å². The van der Waals surface area contributed by atoms with Crippen LogP contribution in [0.3, 0.4) is 0 Å². The lowest BCUT2D eigenvalue weighted by Crippen LogP contribution is -2.28. The van der Waals surface area contributed by atoms with Crippen molar-refractivity contribution in [2.75, 3.05) is 20.2 Å². The molecule has 0 aliphatic carbocycles. The average molecular weight is 332 g/mol. The van der Waals surface area contributed by atoms with Gasteiger partial charge in [0.25, 0.3) is 0 Å². The van der Waals surface area contributed by atoms with E-state index in [1.54, 1.807) is 7.11 Å². The van der Waals surface area contributed by atoms with Gasteiger partial charge in [-0.05, 0) is 29.3 Å². The third-order valence-electron chi connectivity index (χ3n) is 4.25. The molecule has 2 aromatic rings. The SMILES string of the molecule is COc1ccc(C2NNCC2CNCc2ccccc2Cl)cc1. The molecule has 1 saturated heterocycles. The minimum atomic E-state index is 0.291. The Kier molecular flexibility index (Phi) is 5.51. The number of halogens is 1. The number of methoxy groups -OCH3 is 1. The summed E-state index contributed by atoms with van der Waals surface area (Å²) in [5.74, 6) is 1.36. The van der Waals surface area contributed by atoms with Crippen LogP contribution >= 0.6 is 11.6 Å². The first-order valence-corrected chi connectivity index (χ1v) is 8.22. The molecule has 0 aromatic heterocycles. The lowest BCUT2D eigenvalue weighted by atomic mass is 9.95. The molecule has 23 heavy (non-hydrogen) atoms. The number of hydrogen-bond donors (Lipinski definition) is 3. The summed E-state index contributed by atoms with van der Waals surface area (Å²) in [6.07, 6.45) is 0. The second-order valence-corrected chi connectivity index (χ2v) is 6.17. The molecule has 3 rings (SSSR count). The molecule has 0 bridgehead atoms. The van der Waals surface area contributed by atoms with Crippen LogP contribution in [0.15, 0.2) is 48.5 Å². The lowest BCUT2D eigenvalue weighted by molar-refractivity contribution is 0.413. The fourth-order valence-electron chi connectivity index (χ4n) is 2.93. The van der Waals surface area contributed by atoms with Gasteiger partial charge in [0.2, 0.25) is 0 Å². The van der Waals surface area contributed by atoms with Gasteiger partial charge in [0.1, 0.15) is 5.75 Å². The maximum atomic E-state index is 6.20. The number of ether oxygens (including phenoxy) is 1. The summed E-state index contributed by atoms with van der Waals surface area (Å²) in [5, 5.41) is 4.33. The molecule has 1 fully saturated rings. The van der Waals surface area contributed by atoms with Gasteiger partial charge < -0.3 is 10.1 Å². The van der Waals surface area contributed by atoms with Crippen LogP contribution in [-0.2, 0) is 6.54 Å². The van der Waals surface area contributed by atoms with Crippen LogP contribution in [0, 0.1) is 5.92 Å². The lowest BCUT2D eigenvalue weighted by Gasteiger charge is -2.19. The summed E-state index contributed by atoms with van der Waals surface area (Å²) in [6, 6.07) is 16.5. The third-order valence-corrected chi connectivity index (χ3v) is 4.62. The van der Waals surface area contributed by atoms with E-state index < -0.39 is 0 Å². The van der Waals surface area contributed by atoms with Gasteiger partial charge in [-0.2, -0.15) is 0 Å². The monoisotopic (exact) mass is 331 g/mol. The maximum absolute atomic E-state index is 6.20. The molecule has 2 unspecified atom stereocenters. The van der Waals surface area contributed by atoms with Crippen molar-refractivity contribution in [2.45, 2.75) is 12.6 Å². The minimum absolute atomic E-state index is 0.291. The van der Waals surface area contributed by atoms with Gasteiger partial charge in [0.15, 0.2) is 0 Å². The van der Waals surface area contributed by atoms with E-state index in [1.807, 2.05) is 30.3 Å². The minimum Gasteiger partial charge on any atom is -0.497 e. The summed E-state index contributed by atoms with van der Waals surface area (Å²) < 4.78 is 5.22. The van der Waals surface area contributed by atoms with Gasteiger partial charge in [-0.1, -0.05) is 41.9 Å². The van der Waals surface area contributed by atoms with Crippen LogP contribution in [0.4, 0.5) is 0 Å². The zero-order valence-electron chi connectivity index (χ0n) is 13.2. The molecule has 0 radical (unpaired) electrons. The van der Waals surface area contributed by atoms with E-state index in [4.69, 9.17) is 16.3 Å². The normalized spacial score (nSPS) is 20.6. The summed E-state index contributed by atoms with van der Waals surface area (Å²) >= 11 is 6.20. The third kappa shape index (κ3) is 4.03. The predicted molar refractivity (Wildman–Crippen MR) is 93.5 cm³/mol. The topological polar surface area (TPSA) is 45.3 Å². The van der Waals surface area contributed by atoms with Crippen LogP contribution in [-0.4, -0.2) is 20.2 Å². The number of benzene rings is 2. The Hall–Kier alpha value is -1.59. The van der Waals surface area contributed by atoms with Gasteiger partial charge in [0, 0.05) is 30.6 Å². The fraction of sp³-hybridized carbons (Fsp3) is 0.333. The second-order valence-electron chi connectivity index (χ2n) is 5.76. The quantitative estimate of drug-likeness (QED) is 0.761. The fourth-order valence-corrected chi connectivity index (χ4v) is 3.13. The molecule has 1 heterocycles. The molecule has 1 aliphatic rings. The molecule has 4 nitrogen and oxygen atoms in total. The molecule has 0 amide bonds. The second kappa shape index (κ2) is 7.79. The molecule has 2 aromatic carbocycles. The number of rotatable bonds is 6. The van der Waals surface area contributed by atoms with Gasteiger partial charge in [0.05, 0.1) is 13.2 Å². The van der Waals surface area contributed by atoms with Crippen molar-refractivity contribution in [1.29, 1.82) is 0 Å². The van der Waals surface area contributed by atoms with Gasteiger partial charge in [-0.25, -0.2) is 5.43 Å². The van der Waals surface area contributed by atoms with E-state index in [1.165, 1.54) is 5.56 Å². The smallest absolute Gasteiger partial charge is 0.118 e. The Morgan fingerprint density at radius 2 is 1.96 bits per heavy atom. The molecular weight excluding hydrogens is 310 g/mol. The average Bonchev–Trinajstić information content (AvgIpc) is 3.05. The Morgan fingerprint density at radius 1 is 1.17 bits per heavy atom. The van der Waals surface area contributed by atoms with Crippen LogP contribution < -0.4 is 20.9 Å². The molecule has 2 atom stereocenters. The summed E-state index contributed by atoms with van der Waals surface area (Å²) in [7, 11) is 1.69. The van der Waals surface area contributed by atoms with E-state index in [0.29, 0.717) is 12.0 Å². The van der Waals surface area contributed by atoms with Crippen LogP contribution in [0.2, 0.25) is 5.02 Å². The zero-order valence-corrected chi connectivity index (χ0v) is 13.9.